The van der Waals surface area contributed by atoms with Gasteiger partial charge in [-0.15, -0.1) is 0 Å². The summed E-state index contributed by atoms with van der Waals surface area (Å²) < 4.78 is 2.05. The number of imidazole rings is 1. The smallest absolute Gasteiger partial charge is 0.163 e. The van der Waals surface area contributed by atoms with E-state index in [1.807, 2.05) is 29.1 Å². The van der Waals surface area contributed by atoms with Crippen molar-refractivity contribution in [2.24, 2.45) is 5.92 Å². The second-order valence-corrected chi connectivity index (χ2v) is 5.57. The summed E-state index contributed by atoms with van der Waals surface area (Å²) >= 11 is 0. The van der Waals surface area contributed by atoms with E-state index in [1.54, 1.807) is 6.33 Å². The summed E-state index contributed by atoms with van der Waals surface area (Å²) in [4.78, 5) is 13.3. The second-order valence-electron chi connectivity index (χ2n) is 5.57. The van der Waals surface area contributed by atoms with E-state index in [9.17, 15) is 5.11 Å². The van der Waals surface area contributed by atoms with Crippen molar-refractivity contribution in [3.63, 3.8) is 0 Å². The number of hydrogen-bond acceptors (Lipinski definition) is 4. The van der Waals surface area contributed by atoms with Crippen molar-refractivity contribution in [2.75, 3.05) is 6.61 Å². The third-order valence-electron chi connectivity index (χ3n) is 4.13. The van der Waals surface area contributed by atoms with E-state index in [2.05, 4.69) is 27.1 Å². The molecule has 1 saturated carbocycles. The average Bonchev–Trinajstić information content (AvgIpc) is 3.22. The Labute approximate surface area is 122 Å². The van der Waals surface area contributed by atoms with Crippen molar-refractivity contribution in [2.45, 2.75) is 18.9 Å². The van der Waals surface area contributed by atoms with Crippen LogP contribution in [0.4, 0.5) is 0 Å². The molecule has 4 rings (SSSR count). The first kappa shape index (κ1) is 12.5. The molecule has 5 nitrogen and oxygen atoms in total. The molecule has 21 heavy (non-hydrogen) atoms. The van der Waals surface area contributed by atoms with Crippen LogP contribution in [-0.4, -0.2) is 31.2 Å². The average molecular weight is 280 g/mol. The van der Waals surface area contributed by atoms with Gasteiger partial charge in [-0.3, -0.25) is 0 Å². The molecule has 0 saturated heterocycles. The minimum Gasteiger partial charge on any atom is -0.396 e. The van der Waals surface area contributed by atoms with Gasteiger partial charge in [-0.1, -0.05) is 30.3 Å². The van der Waals surface area contributed by atoms with Crippen molar-refractivity contribution < 1.29 is 5.11 Å². The zero-order valence-electron chi connectivity index (χ0n) is 11.6. The van der Waals surface area contributed by atoms with Crippen molar-refractivity contribution >= 4 is 11.2 Å². The van der Waals surface area contributed by atoms with Crippen LogP contribution < -0.4 is 0 Å². The van der Waals surface area contributed by atoms with Crippen LogP contribution in [0.2, 0.25) is 0 Å². The van der Waals surface area contributed by atoms with Crippen LogP contribution in [0.5, 0.6) is 0 Å². The van der Waals surface area contributed by atoms with Gasteiger partial charge in [0.05, 0.1) is 18.6 Å². The predicted octanol–water partition coefficient (Wildman–Crippen LogP) is 1.97. The zero-order chi connectivity index (χ0) is 14.2. The van der Waals surface area contributed by atoms with Crippen LogP contribution >= 0.6 is 0 Å². The summed E-state index contributed by atoms with van der Waals surface area (Å²) in [6.07, 6.45) is 4.42. The maximum absolute atomic E-state index is 9.24. The SMILES string of the molecule is OC[C@H]1C[C@@H]1c1ncnc2c1ncn2Cc1ccccc1. The normalized spacial score (nSPS) is 20.8. The van der Waals surface area contributed by atoms with Gasteiger partial charge < -0.3 is 9.67 Å². The molecule has 3 aromatic rings. The van der Waals surface area contributed by atoms with Gasteiger partial charge in [-0.2, -0.15) is 0 Å². The first-order chi connectivity index (χ1) is 10.4. The fourth-order valence-electron chi connectivity index (χ4n) is 2.85. The number of rotatable bonds is 4. The van der Waals surface area contributed by atoms with E-state index >= 15 is 0 Å². The summed E-state index contributed by atoms with van der Waals surface area (Å²) in [5.74, 6) is 0.669. The molecule has 0 spiro atoms. The number of hydrogen-bond donors (Lipinski definition) is 1. The van der Waals surface area contributed by atoms with Crippen LogP contribution in [0.25, 0.3) is 11.2 Å². The van der Waals surface area contributed by atoms with Gasteiger partial charge in [0.1, 0.15) is 11.8 Å². The Hall–Kier alpha value is -2.27. The number of aromatic nitrogens is 4. The maximum atomic E-state index is 9.24. The second kappa shape index (κ2) is 4.93. The highest BCUT2D eigenvalue weighted by molar-refractivity contribution is 5.74. The third kappa shape index (κ3) is 2.19. The summed E-state index contributed by atoms with van der Waals surface area (Å²) in [6, 6.07) is 10.3. The molecule has 0 unspecified atom stereocenters. The lowest BCUT2D eigenvalue weighted by molar-refractivity contribution is 0.274. The summed E-state index contributed by atoms with van der Waals surface area (Å²) in [7, 11) is 0. The Morgan fingerprint density at radius 2 is 2.00 bits per heavy atom. The van der Waals surface area contributed by atoms with Crippen molar-refractivity contribution in [3.8, 4) is 0 Å². The molecule has 0 amide bonds. The zero-order valence-corrected chi connectivity index (χ0v) is 11.6. The molecule has 1 aromatic carbocycles. The first-order valence-corrected chi connectivity index (χ1v) is 7.17. The Morgan fingerprint density at radius 3 is 2.76 bits per heavy atom. The lowest BCUT2D eigenvalue weighted by Gasteiger charge is -2.04. The van der Waals surface area contributed by atoms with Crippen LogP contribution in [0.1, 0.15) is 23.6 Å². The summed E-state index contributed by atoms with van der Waals surface area (Å²) in [5.41, 5.74) is 3.93. The van der Waals surface area contributed by atoms with Gasteiger partial charge in [0.25, 0.3) is 0 Å². The largest absolute Gasteiger partial charge is 0.396 e. The summed E-state index contributed by atoms with van der Waals surface area (Å²) in [5, 5.41) is 9.24. The van der Waals surface area contributed by atoms with Crippen LogP contribution in [0, 0.1) is 5.92 Å². The number of aliphatic hydroxyl groups is 1. The highest BCUT2D eigenvalue weighted by Gasteiger charge is 2.40. The lowest BCUT2D eigenvalue weighted by Crippen LogP contribution is -2.00. The molecular formula is C16H16N4O. The number of fused-ring (bicyclic) bond motifs is 1. The Balaban J connectivity index is 1.71. The Kier molecular flexibility index (Phi) is 2.93. The van der Waals surface area contributed by atoms with E-state index in [0.717, 1.165) is 29.8 Å². The Morgan fingerprint density at radius 1 is 1.14 bits per heavy atom. The first-order valence-electron chi connectivity index (χ1n) is 7.17. The molecule has 2 heterocycles. The molecule has 1 fully saturated rings. The molecule has 2 atom stereocenters. The van der Waals surface area contributed by atoms with Gasteiger partial charge in [0, 0.05) is 12.5 Å². The van der Waals surface area contributed by atoms with E-state index in [1.165, 1.54) is 5.56 Å². The van der Waals surface area contributed by atoms with Crippen molar-refractivity contribution in [1.82, 2.24) is 19.5 Å². The van der Waals surface area contributed by atoms with Gasteiger partial charge in [-0.05, 0) is 17.9 Å². The molecule has 0 bridgehead atoms. The van der Waals surface area contributed by atoms with Gasteiger partial charge in [-0.25, -0.2) is 15.0 Å². The van der Waals surface area contributed by atoms with Crippen LogP contribution in [0.3, 0.4) is 0 Å². The molecule has 1 aliphatic carbocycles. The monoisotopic (exact) mass is 280 g/mol. The van der Waals surface area contributed by atoms with Crippen LogP contribution in [0.15, 0.2) is 43.0 Å². The van der Waals surface area contributed by atoms with Crippen molar-refractivity contribution in [1.29, 1.82) is 0 Å². The van der Waals surface area contributed by atoms with Gasteiger partial charge in [0.15, 0.2) is 5.65 Å². The highest BCUT2D eigenvalue weighted by atomic mass is 16.3. The minimum absolute atomic E-state index is 0.223. The molecule has 0 radical (unpaired) electrons. The van der Waals surface area contributed by atoms with E-state index in [-0.39, 0.29) is 6.61 Å². The number of nitrogens with zero attached hydrogens (tertiary/aromatic N) is 4. The standard InChI is InChI=1S/C16H16N4O/c21-8-12-6-13(12)14-15-16(18-9-17-14)20(10-19-15)7-11-4-2-1-3-5-11/h1-5,9-10,12-13,21H,6-8H2/t12-,13+/m1/s1. The minimum atomic E-state index is 0.223. The third-order valence-corrected chi connectivity index (χ3v) is 4.13. The highest BCUT2D eigenvalue weighted by Crippen LogP contribution is 2.47. The Bertz CT molecular complexity index is 768. The molecule has 0 aliphatic heterocycles. The topological polar surface area (TPSA) is 63.8 Å². The number of benzene rings is 1. The quantitative estimate of drug-likeness (QED) is 0.793. The summed E-state index contributed by atoms with van der Waals surface area (Å²) in [6.45, 7) is 0.975. The van der Waals surface area contributed by atoms with Crippen LogP contribution in [-0.2, 0) is 6.54 Å². The molecule has 2 aromatic heterocycles. The maximum Gasteiger partial charge on any atom is 0.163 e. The van der Waals surface area contributed by atoms with Gasteiger partial charge in [0.2, 0.25) is 0 Å². The van der Waals surface area contributed by atoms with Crippen molar-refractivity contribution in [3.05, 3.63) is 54.2 Å². The molecular weight excluding hydrogens is 264 g/mol. The fraction of sp³-hybridized carbons (Fsp3) is 0.312. The molecule has 106 valence electrons. The predicted molar refractivity (Wildman–Crippen MR) is 78.8 cm³/mol. The van der Waals surface area contributed by atoms with E-state index in [0.29, 0.717) is 11.8 Å². The molecule has 1 N–H and O–H groups in total. The van der Waals surface area contributed by atoms with Gasteiger partial charge >= 0.3 is 0 Å². The number of aliphatic hydroxyl groups excluding tert-OH is 1. The fourth-order valence-corrected chi connectivity index (χ4v) is 2.85. The van der Waals surface area contributed by atoms with E-state index in [4.69, 9.17) is 0 Å². The molecule has 5 heteroatoms. The molecule has 1 aliphatic rings. The lowest BCUT2D eigenvalue weighted by atomic mass is 10.2. The van der Waals surface area contributed by atoms with E-state index < -0.39 is 0 Å².